The van der Waals surface area contributed by atoms with Gasteiger partial charge in [0, 0.05) is 24.7 Å². The summed E-state index contributed by atoms with van der Waals surface area (Å²) in [5.41, 5.74) is 1.10. The van der Waals surface area contributed by atoms with Gasteiger partial charge in [-0.25, -0.2) is 4.79 Å². The maximum absolute atomic E-state index is 13.6. The zero-order valence-electron chi connectivity index (χ0n) is 20.2. The Balaban J connectivity index is 1.35. The van der Waals surface area contributed by atoms with Crippen molar-refractivity contribution in [1.29, 1.82) is 0 Å². The average Bonchev–Trinajstić information content (AvgIpc) is 3.39. The van der Waals surface area contributed by atoms with E-state index >= 15 is 0 Å². The number of carbonyl (C=O) groups excluding carboxylic acids is 2. The number of urea groups is 1. The molecule has 0 bridgehead atoms. The molecule has 8 heteroatoms. The fourth-order valence-corrected chi connectivity index (χ4v) is 6.14. The first-order valence-corrected chi connectivity index (χ1v) is 12.4. The van der Waals surface area contributed by atoms with Crippen molar-refractivity contribution in [2.24, 2.45) is 5.92 Å². The van der Waals surface area contributed by atoms with Crippen molar-refractivity contribution in [3.05, 3.63) is 48.2 Å². The first-order valence-electron chi connectivity index (χ1n) is 12.4. The first-order chi connectivity index (χ1) is 16.4. The summed E-state index contributed by atoms with van der Waals surface area (Å²) in [5, 5.41) is 6.47. The number of aromatic nitrogens is 1. The Morgan fingerprint density at radius 3 is 2.47 bits per heavy atom. The molecule has 0 unspecified atom stereocenters. The molecule has 3 fully saturated rings. The molecule has 0 atom stereocenters. The Morgan fingerprint density at radius 1 is 1.15 bits per heavy atom. The predicted octanol–water partition coefficient (Wildman–Crippen LogP) is 3.92. The quantitative estimate of drug-likeness (QED) is 0.670. The van der Waals surface area contributed by atoms with Crippen molar-refractivity contribution >= 4 is 17.8 Å². The highest BCUT2D eigenvalue weighted by Crippen LogP contribution is 2.49. The molecule has 1 aliphatic heterocycles. The van der Waals surface area contributed by atoms with E-state index in [1.165, 1.54) is 31.1 Å². The molecule has 1 aromatic heterocycles. The third-order valence-corrected chi connectivity index (χ3v) is 8.44. The molecule has 3 aliphatic rings. The van der Waals surface area contributed by atoms with Crippen LogP contribution in [0.4, 0.5) is 10.6 Å². The van der Waals surface area contributed by atoms with Crippen molar-refractivity contribution in [2.75, 3.05) is 39.0 Å². The summed E-state index contributed by atoms with van der Waals surface area (Å²) in [4.78, 5) is 32.4. The molecule has 1 spiro atoms. The van der Waals surface area contributed by atoms with Crippen LogP contribution in [0.2, 0.25) is 0 Å². The van der Waals surface area contributed by atoms with Crippen LogP contribution in [0.3, 0.4) is 0 Å². The van der Waals surface area contributed by atoms with Gasteiger partial charge in [-0.1, -0.05) is 41.9 Å². The predicted molar refractivity (Wildman–Crippen MR) is 129 cm³/mol. The van der Waals surface area contributed by atoms with Gasteiger partial charge in [0.1, 0.15) is 12.8 Å². The second kappa shape index (κ2) is 9.06. The minimum Gasteiger partial charge on any atom is -0.363 e. The van der Waals surface area contributed by atoms with Gasteiger partial charge in [0.25, 0.3) is 0 Å². The van der Waals surface area contributed by atoms with Crippen LogP contribution in [0.15, 0.2) is 47.2 Å². The summed E-state index contributed by atoms with van der Waals surface area (Å²) in [6, 6.07) is 12.3. The van der Waals surface area contributed by atoms with Crippen LogP contribution >= 0.6 is 0 Å². The second-order valence-corrected chi connectivity index (χ2v) is 10.5. The fraction of sp³-hybridized carbons (Fsp3) is 0.577. The first kappa shape index (κ1) is 22.9. The van der Waals surface area contributed by atoms with Crippen LogP contribution in [0.1, 0.15) is 50.5 Å². The monoisotopic (exact) mass is 465 g/mol. The van der Waals surface area contributed by atoms with Crippen molar-refractivity contribution in [1.82, 2.24) is 19.9 Å². The normalized spacial score (nSPS) is 27.4. The van der Waals surface area contributed by atoms with E-state index in [4.69, 9.17) is 4.52 Å². The van der Waals surface area contributed by atoms with Gasteiger partial charge < -0.3 is 19.6 Å². The van der Waals surface area contributed by atoms with E-state index in [1.54, 1.807) is 11.0 Å². The Hall–Kier alpha value is -2.87. The number of hydrogen-bond donors (Lipinski definition) is 1. The lowest BCUT2D eigenvalue weighted by Gasteiger charge is -2.51. The molecule has 2 aromatic rings. The summed E-state index contributed by atoms with van der Waals surface area (Å²) in [5.74, 6) is 0.707. The van der Waals surface area contributed by atoms with Crippen LogP contribution < -0.4 is 5.32 Å². The van der Waals surface area contributed by atoms with E-state index in [0.29, 0.717) is 18.3 Å². The van der Waals surface area contributed by atoms with E-state index in [9.17, 15) is 9.59 Å². The van der Waals surface area contributed by atoms with Crippen LogP contribution in [-0.4, -0.2) is 71.1 Å². The molecule has 8 nitrogen and oxygen atoms in total. The average molecular weight is 466 g/mol. The van der Waals surface area contributed by atoms with E-state index in [1.807, 2.05) is 0 Å². The number of benzene rings is 1. The standard InChI is InChI=1S/C26H35N5O3/c1-29(2)26(21-9-4-3-5-10-21)14-12-25(13-15-26)19-30(18-23(32)27-22-11-16-34-28-22)24(33)31(25)17-20-7-6-8-20/h3-5,9-11,16,20H,6-8,12-15,17-19H2,1-2H3,(H,27,28,32)/t25-,26-. The van der Waals surface area contributed by atoms with Crippen LogP contribution in [0, 0.1) is 5.92 Å². The Kier molecular flexibility index (Phi) is 6.10. The molecule has 5 rings (SSSR count). The lowest BCUT2D eigenvalue weighted by atomic mass is 9.68. The summed E-state index contributed by atoms with van der Waals surface area (Å²) in [7, 11) is 4.33. The molecule has 0 radical (unpaired) electrons. The van der Waals surface area contributed by atoms with Gasteiger partial charge in [0.2, 0.25) is 5.91 Å². The summed E-state index contributed by atoms with van der Waals surface area (Å²) in [6.07, 6.45) is 8.88. The molecule has 182 valence electrons. The van der Waals surface area contributed by atoms with Crippen LogP contribution in [0.5, 0.6) is 0 Å². The number of nitrogens with zero attached hydrogens (tertiary/aromatic N) is 4. The van der Waals surface area contributed by atoms with Crippen LogP contribution in [0.25, 0.3) is 0 Å². The number of hydrogen-bond acceptors (Lipinski definition) is 5. The summed E-state index contributed by atoms with van der Waals surface area (Å²) in [6.45, 7) is 1.44. The number of nitrogens with one attached hydrogen (secondary N) is 1. The SMILES string of the molecule is CN(C)[C@]1(c2ccccc2)CC[C@@]2(CC1)CN(CC(=O)Nc1ccon1)C(=O)N2CC1CCC1. The second-order valence-electron chi connectivity index (χ2n) is 10.5. The zero-order valence-corrected chi connectivity index (χ0v) is 20.2. The number of amides is 3. The van der Waals surface area contributed by atoms with Gasteiger partial charge in [0.05, 0.1) is 5.54 Å². The van der Waals surface area contributed by atoms with E-state index in [0.717, 1.165) is 32.2 Å². The molecular formula is C26H35N5O3. The molecule has 1 aromatic carbocycles. The fourth-order valence-electron chi connectivity index (χ4n) is 6.14. The third kappa shape index (κ3) is 4.08. The summed E-state index contributed by atoms with van der Waals surface area (Å²) >= 11 is 0. The van der Waals surface area contributed by atoms with Crippen LogP contribution in [-0.2, 0) is 10.3 Å². The zero-order chi connectivity index (χ0) is 23.8. The molecule has 2 saturated carbocycles. The smallest absolute Gasteiger partial charge is 0.321 e. The van der Waals surface area contributed by atoms with E-state index < -0.39 is 0 Å². The molecule has 2 aliphatic carbocycles. The number of carbonyl (C=O) groups is 2. The molecule has 3 amide bonds. The minimum atomic E-state index is -0.245. The van der Waals surface area contributed by atoms with Crippen molar-refractivity contribution in [3.63, 3.8) is 0 Å². The maximum atomic E-state index is 13.6. The highest BCUT2D eigenvalue weighted by molar-refractivity contribution is 5.94. The molecule has 2 heterocycles. The van der Waals surface area contributed by atoms with Gasteiger partial charge in [-0.15, -0.1) is 0 Å². The number of anilines is 1. The summed E-state index contributed by atoms with van der Waals surface area (Å²) < 4.78 is 4.79. The van der Waals surface area contributed by atoms with Crippen molar-refractivity contribution < 1.29 is 14.1 Å². The van der Waals surface area contributed by atoms with Gasteiger partial charge in [-0.2, -0.15) is 0 Å². The van der Waals surface area contributed by atoms with Crippen molar-refractivity contribution in [2.45, 2.75) is 56.0 Å². The Bertz CT molecular complexity index is 995. The van der Waals surface area contributed by atoms with Crippen molar-refractivity contribution in [3.8, 4) is 0 Å². The maximum Gasteiger partial charge on any atom is 0.321 e. The largest absolute Gasteiger partial charge is 0.363 e. The lowest BCUT2D eigenvalue weighted by Crippen LogP contribution is -2.56. The Labute approximate surface area is 201 Å². The van der Waals surface area contributed by atoms with E-state index in [2.05, 4.69) is 64.7 Å². The molecule has 1 saturated heterocycles. The van der Waals surface area contributed by atoms with Gasteiger partial charge in [-0.05, 0) is 64.1 Å². The van der Waals surface area contributed by atoms with Gasteiger partial charge >= 0.3 is 6.03 Å². The highest BCUT2D eigenvalue weighted by Gasteiger charge is 2.55. The highest BCUT2D eigenvalue weighted by atomic mass is 16.5. The lowest BCUT2D eigenvalue weighted by molar-refractivity contribution is -0.116. The Morgan fingerprint density at radius 2 is 1.88 bits per heavy atom. The molecule has 34 heavy (non-hydrogen) atoms. The molecular weight excluding hydrogens is 430 g/mol. The van der Waals surface area contributed by atoms with E-state index in [-0.39, 0.29) is 29.6 Å². The van der Waals surface area contributed by atoms with Gasteiger partial charge in [0.15, 0.2) is 5.82 Å². The number of rotatable bonds is 7. The van der Waals surface area contributed by atoms with Gasteiger partial charge in [-0.3, -0.25) is 9.69 Å². The minimum absolute atomic E-state index is 0.000679. The molecule has 1 N–H and O–H groups in total. The topological polar surface area (TPSA) is 81.9 Å². The third-order valence-electron chi connectivity index (χ3n) is 8.44.